The highest BCUT2D eigenvalue weighted by molar-refractivity contribution is 6.31. The van der Waals surface area contributed by atoms with Crippen LogP contribution in [0.25, 0.3) is 16.5 Å². The van der Waals surface area contributed by atoms with E-state index in [0.717, 1.165) is 16.7 Å². The number of nitrogens with two attached hydrogens (primary N) is 1. The molecule has 1 heterocycles. The average Bonchev–Trinajstić information content (AvgIpc) is 2.95. The van der Waals surface area contributed by atoms with E-state index in [1.165, 1.54) is 17.1 Å². The maximum atomic E-state index is 13.0. The van der Waals surface area contributed by atoms with Crippen molar-refractivity contribution in [3.8, 4) is 11.5 Å². The van der Waals surface area contributed by atoms with Crippen LogP contribution in [0.1, 0.15) is 38.8 Å². The summed E-state index contributed by atoms with van der Waals surface area (Å²) in [5.41, 5.74) is 8.78. The number of fused-ring (bicyclic) bond motifs is 1. The molecule has 0 fully saturated rings. The highest BCUT2D eigenvalue weighted by Crippen LogP contribution is 2.34. The Kier molecular flexibility index (Phi) is 11.0. The highest BCUT2D eigenvalue weighted by atomic mass is 35.5. The van der Waals surface area contributed by atoms with Gasteiger partial charge in [-0.05, 0) is 63.1 Å². The van der Waals surface area contributed by atoms with E-state index in [1.54, 1.807) is 46.2 Å². The van der Waals surface area contributed by atoms with Gasteiger partial charge in [-0.3, -0.25) is 14.7 Å². The molecular weight excluding hydrogens is 568 g/mol. The molecule has 1 aromatic heterocycles. The number of pyridine rings is 1. The zero-order valence-electron chi connectivity index (χ0n) is 25.1. The van der Waals surface area contributed by atoms with Gasteiger partial charge in [0.15, 0.2) is 0 Å². The Balaban J connectivity index is 1.81. The summed E-state index contributed by atoms with van der Waals surface area (Å²) in [4.78, 5) is 31.6. The zero-order valence-corrected chi connectivity index (χ0v) is 25.8. The summed E-state index contributed by atoms with van der Waals surface area (Å²) in [7, 11) is 1.58. The molecule has 0 spiro atoms. The molecule has 3 rings (SSSR count). The van der Waals surface area contributed by atoms with E-state index in [1.807, 2.05) is 43.3 Å². The second kappa shape index (κ2) is 14.4. The van der Waals surface area contributed by atoms with Crippen LogP contribution in [0.5, 0.6) is 11.5 Å². The molecule has 226 valence electrons. The summed E-state index contributed by atoms with van der Waals surface area (Å²) in [6, 6.07) is 14.6. The van der Waals surface area contributed by atoms with E-state index >= 15 is 0 Å². The number of carbonyl (C=O) groups is 2. The summed E-state index contributed by atoms with van der Waals surface area (Å²) in [6.45, 7) is 14.8. The van der Waals surface area contributed by atoms with Crippen LogP contribution < -0.4 is 20.5 Å². The summed E-state index contributed by atoms with van der Waals surface area (Å²) < 4.78 is 16.9. The predicted octanol–water partition coefficient (Wildman–Crippen LogP) is 6.65. The molecule has 0 saturated carbocycles. The fraction of sp³-hybridized carbons (Fsp3) is 0.242. The van der Waals surface area contributed by atoms with Crippen molar-refractivity contribution in [3.63, 3.8) is 0 Å². The van der Waals surface area contributed by atoms with Crippen LogP contribution >= 0.6 is 11.6 Å². The molecule has 0 unspecified atom stereocenters. The van der Waals surface area contributed by atoms with E-state index in [2.05, 4.69) is 23.5 Å². The van der Waals surface area contributed by atoms with E-state index in [9.17, 15) is 9.59 Å². The van der Waals surface area contributed by atoms with E-state index in [4.69, 9.17) is 31.5 Å². The first kappa shape index (κ1) is 32.8. The molecule has 2 aromatic carbocycles. The SMILES string of the molecule is C=C/C(=C\C(Cl)=C(/N)Oc1ccnc2cc(OC)c(C(=C)C)cc12)NC(=O)CN(Cc1ccccc1)C(=O)OC(C)(C)C. The largest absolute Gasteiger partial charge is 0.496 e. The number of aromatic nitrogens is 1. The number of benzene rings is 2. The van der Waals surface area contributed by atoms with Crippen molar-refractivity contribution >= 4 is 40.1 Å². The lowest BCUT2D eigenvalue weighted by Crippen LogP contribution is -2.42. The number of nitrogens with one attached hydrogen (secondary N) is 1. The molecule has 10 heteroatoms. The number of hydrogen-bond donors (Lipinski definition) is 2. The molecule has 3 N–H and O–H groups in total. The Labute approximate surface area is 257 Å². The molecule has 0 bridgehead atoms. The lowest BCUT2D eigenvalue weighted by atomic mass is 10.0. The minimum absolute atomic E-state index is 0.0158. The van der Waals surface area contributed by atoms with Crippen LogP contribution in [0.15, 0.2) is 96.7 Å². The number of nitrogens with zero attached hydrogens (tertiary/aromatic N) is 2. The van der Waals surface area contributed by atoms with Gasteiger partial charge in [-0.2, -0.15) is 0 Å². The molecule has 0 aliphatic rings. The quantitative estimate of drug-likeness (QED) is 0.186. The van der Waals surface area contributed by atoms with Gasteiger partial charge in [-0.15, -0.1) is 0 Å². The average molecular weight is 605 g/mol. The fourth-order valence-electron chi connectivity index (χ4n) is 3.95. The van der Waals surface area contributed by atoms with Crippen LogP contribution in [-0.2, 0) is 16.1 Å². The standard InChI is InChI=1S/C33H37ClN4O5/c1-8-23(37-30(39)20-38(32(40)43-33(4,5)6)19-22-12-10-9-11-13-22)16-26(34)31(35)42-28-14-15-36-27-18-29(41-7)24(21(2)3)17-25(27)28/h8-18H,1-2,19-20,35H2,3-7H3,(H,37,39)/b23-16+,31-26-. The molecule has 0 aliphatic carbocycles. The summed E-state index contributed by atoms with van der Waals surface area (Å²) >= 11 is 6.47. The molecule has 43 heavy (non-hydrogen) atoms. The lowest BCUT2D eigenvalue weighted by molar-refractivity contribution is -0.121. The van der Waals surface area contributed by atoms with Crippen LogP contribution in [0.2, 0.25) is 0 Å². The minimum Gasteiger partial charge on any atom is -0.496 e. The molecule has 3 aromatic rings. The topological polar surface area (TPSA) is 116 Å². The third kappa shape index (κ3) is 9.37. The maximum absolute atomic E-state index is 13.0. The van der Waals surface area contributed by atoms with E-state index in [-0.39, 0.29) is 29.7 Å². The molecule has 0 atom stereocenters. The number of halogens is 1. The van der Waals surface area contributed by atoms with Crippen molar-refractivity contribution in [1.29, 1.82) is 0 Å². The maximum Gasteiger partial charge on any atom is 0.411 e. The number of methoxy groups -OCH3 is 1. The molecule has 0 aliphatic heterocycles. The molecule has 2 amide bonds. The third-order valence-corrected chi connectivity index (χ3v) is 6.22. The van der Waals surface area contributed by atoms with Gasteiger partial charge in [0, 0.05) is 35.5 Å². The van der Waals surface area contributed by atoms with Gasteiger partial charge >= 0.3 is 6.09 Å². The van der Waals surface area contributed by atoms with Gasteiger partial charge < -0.3 is 25.3 Å². The van der Waals surface area contributed by atoms with Crippen molar-refractivity contribution in [1.82, 2.24) is 15.2 Å². The lowest BCUT2D eigenvalue weighted by Gasteiger charge is -2.27. The Hall–Kier alpha value is -4.76. The summed E-state index contributed by atoms with van der Waals surface area (Å²) in [5, 5.41) is 3.40. The van der Waals surface area contributed by atoms with Gasteiger partial charge in [0.2, 0.25) is 11.8 Å². The highest BCUT2D eigenvalue weighted by Gasteiger charge is 2.24. The van der Waals surface area contributed by atoms with Gasteiger partial charge in [-0.1, -0.05) is 55.1 Å². The van der Waals surface area contributed by atoms with Crippen molar-refractivity contribution in [2.24, 2.45) is 5.73 Å². The summed E-state index contributed by atoms with van der Waals surface area (Å²) in [5.74, 6) is 0.444. The Morgan fingerprint density at radius 2 is 1.84 bits per heavy atom. The first-order chi connectivity index (χ1) is 20.3. The number of allylic oxidation sites excluding steroid dienone is 4. The fourth-order valence-corrected chi connectivity index (χ4v) is 4.11. The molecular formula is C33H37ClN4O5. The van der Waals surface area contributed by atoms with Crippen molar-refractivity contribution in [3.05, 3.63) is 108 Å². The van der Waals surface area contributed by atoms with Crippen molar-refractivity contribution in [2.45, 2.75) is 39.8 Å². The van der Waals surface area contributed by atoms with Gasteiger partial charge in [-0.25, -0.2) is 4.79 Å². The van der Waals surface area contributed by atoms with Gasteiger partial charge in [0.05, 0.1) is 12.6 Å². The first-order valence-corrected chi connectivity index (χ1v) is 13.8. The van der Waals surface area contributed by atoms with Gasteiger partial charge in [0.1, 0.15) is 28.7 Å². The molecule has 0 radical (unpaired) electrons. The molecule has 9 nitrogen and oxygen atoms in total. The number of ether oxygens (including phenoxy) is 3. The zero-order chi connectivity index (χ0) is 31.7. The molecule has 0 saturated heterocycles. The van der Waals surface area contributed by atoms with Crippen molar-refractivity contribution in [2.75, 3.05) is 13.7 Å². The number of rotatable bonds is 11. The predicted molar refractivity (Wildman–Crippen MR) is 170 cm³/mol. The Morgan fingerprint density at radius 1 is 1.14 bits per heavy atom. The van der Waals surface area contributed by atoms with E-state index < -0.39 is 17.6 Å². The van der Waals surface area contributed by atoms with Gasteiger partial charge in [0.25, 0.3) is 0 Å². The van der Waals surface area contributed by atoms with Crippen LogP contribution in [0, 0.1) is 0 Å². The normalized spacial score (nSPS) is 12.2. The second-order valence-electron chi connectivity index (χ2n) is 10.6. The third-order valence-electron chi connectivity index (χ3n) is 5.93. The first-order valence-electron chi connectivity index (χ1n) is 13.4. The smallest absolute Gasteiger partial charge is 0.411 e. The van der Waals surface area contributed by atoms with Crippen molar-refractivity contribution < 1.29 is 23.8 Å². The second-order valence-corrected chi connectivity index (χ2v) is 11.1. The van der Waals surface area contributed by atoms with Crippen LogP contribution in [-0.4, -0.2) is 41.1 Å². The van der Waals surface area contributed by atoms with Crippen LogP contribution in [0.4, 0.5) is 4.79 Å². The minimum atomic E-state index is -0.733. The number of amides is 2. The van der Waals surface area contributed by atoms with E-state index in [0.29, 0.717) is 22.4 Å². The number of carbonyl (C=O) groups excluding carboxylic acids is 2. The Morgan fingerprint density at radius 3 is 2.44 bits per heavy atom. The van der Waals surface area contributed by atoms with Crippen LogP contribution in [0.3, 0.4) is 0 Å². The monoisotopic (exact) mass is 604 g/mol. The summed E-state index contributed by atoms with van der Waals surface area (Å²) in [6.07, 6.45) is 3.76. The number of hydrogen-bond acceptors (Lipinski definition) is 7. The Bertz CT molecular complexity index is 1580.